The lowest BCUT2D eigenvalue weighted by atomic mass is 10.5. The lowest BCUT2D eigenvalue weighted by Crippen LogP contribution is -2.05. The van der Waals surface area contributed by atoms with E-state index in [0.717, 1.165) is 0 Å². The van der Waals surface area contributed by atoms with Crippen LogP contribution in [0.1, 0.15) is 6.92 Å². The van der Waals surface area contributed by atoms with E-state index in [2.05, 4.69) is 8.75 Å². The fraction of sp³-hybridized carbons (Fsp3) is 0.286. The van der Waals surface area contributed by atoms with Crippen LogP contribution < -0.4 is 0 Å². The minimum atomic E-state index is -4.14. The quantitative estimate of drug-likeness (QED) is 0.777. The van der Waals surface area contributed by atoms with Crippen molar-refractivity contribution in [1.82, 2.24) is 4.98 Å². The highest BCUT2D eigenvalue weighted by atomic mass is 35.7. The first-order chi connectivity index (χ1) is 6.87. The molecular weight excluding hydrogens is 260 g/mol. The topological polar surface area (TPSA) is 76.5 Å². The largest absolute Gasteiger partial charge is 0.347 e. The summed E-state index contributed by atoms with van der Waals surface area (Å²) in [6.45, 7) is 1.58. The zero-order valence-electron chi connectivity index (χ0n) is 7.83. The summed E-state index contributed by atoms with van der Waals surface area (Å²) < 4.78 is 36.8. The maximum atomic E-state index is 12.1. The molecule has 1 aromatic heterocycles. The Morgan fingerprint density at radius 3 is 2.27 bits per heavy atom. The third-order valence-corrected chi connectivity index (χ3v) is 5.59. The minimum Gasteiger partial charge on any atom is -0.265 e. The molecule has 8 heteroatoms. The molecule has 84 valence electrons. The van der Waals surface area contributed by atoms with Crippen LogP contribution in [0.4, 0.5) is 0 Å². The first-order valence-corrected chi connectivity index (χ1v) is 7.93. The molecule has 0 bridgehead atoms. The second-order valence-corrected chi connectivity index (χ2v) is 7.52. The molecule has 1 unspecified atom stereocenters. The van der Waals surface area contributed by atoms with Gasteiger partial charge < -0.3 is 0 Å². The van der Waals surface area contributed by atoms with Gasteiger partial charge in [-0.2, -0.15) is 8.42 Å². The fourth-order valence-electron chi connectivity index (χ4n) is 0.957. The maximum Gasteiger partial charge on any atom is 0.347 e. The van der Waals surface area contributed by atoms with Gasteiger partial charge in [0.05, 0.1) is 14.6 Å². The van der Waals surface area contributed by atoms with E-state index < -0.39 is 19.0 Å². The van der Waals surface area contributed by atoms with E-state index in [1.807, 2.05) is 0 Å². The molecule has 1 atom stereocenters. The molecule has 0 aliphatic carbocycles. The maximum absolute atomic E-state index is 12.1. The first kappa shape index (κ1) is 12.4. The molecule has 0 aliphatic rings. The molecule has 5 nitrogen and oxygen atoms in total. The Balaban J connectivity index is 3.44. The van der Waals surface area contributed by atoms with Crippen molar-refractivity contribution in [2.45, 2.75) is 11.8 Å². The zero-order valence-corrected chi connectivity index (χ0v) is 10.2. The molecule has 0 saturated heterocycles. The van der Waals surface area contributed by atoms with Crippen molar-refractivity contribution in [1.29, 1.82) is 0 Å². The molecule has 0 N–H and O–H groups in total. The SMILES string of the molecule is CCS(=O)(=NS(=O)(=O)Cl)c1ccncc1. The lowest BCUT2D eigenvalue weighted by molar-refractivity contribution is 0.611. The summed E-state index contributed by atoms with van der Waals surface area (Å²) in [6, 6.07) is 2.91. The van der Waals surface area contributed by atoms with E-state index in [-0.39, 0.29) is 5.75 Å². The summed E-state index contributed by atoms with van der Waals surface area (Å²) in [6.07, 6.45) is 2.84. The molecule has 0 amide bonds. The number of hydrogen-bond acceptors (Lipinski definition) is 4. The van der Waals surface area contributed by atoms with Crippen LogP contribution in [0.15, 0.2) is 33.2 Å². The van der Waals surface area contributed by atoms with Gasteiger partial charge in [0.15, 0.2) is 0 Å². The van der Waals surface area contributed by atoms with Gasteiger partial charge in [-0.15, -0.1) is 0 Å². The summed E-state index contributed by atoms with van der Waals surface area (Å²) in [4.78, 5) is 4.05. The van der Waals surface area contributed by atoms with E-state index in [4.69, 9.17) is 10.7 Å². The molecule has 1 aromatic rings. The van der Waals surface area contributed by atoms with E-state index in [1.54, 1.807) is 6.92 Å². The Labute approximate surface area is 93.2 Å². The average Bonchev–Trinajstić information content (AvgIpc) is 2.16. The number of nitrogens with zero attached hydrogens (tertiary/aromatic N) is 2. The summed E-state index contributed by atoms with van der Waals surface area (Å²) in [5.74, 6) is 0.0724. The van der Waals surface area contributed by atoms with Gasteiger partial charge in [-0.25, -0.2) is 4.21 Å². The molecule has 0 aromatic carbocycles. The molecule has 0 fully saturated rings. The van der Waals surface area contributed by atoms with Crippen LogP contribution in [0.2, 0.25) is 0 Å². The molecular formula is C7H9ClN2O3S2. The normalized spacial score (nSPS) is 15.6. The van der Waals surface area contributed by atoms with Crippen LogP contribution in [0.25, 0.3) is 0 Å². The predicted octanol–water partition coefficient (Wildman–Crippen LogP) is 1.41. The van der Waals surface area contributed by atoms with E-state index in [1.165, 1.54) is 24.5 Å². The van der Waals surface area contributed by atoms with Crippen molar-refractivity contribution >= 4 is 29.6 Å². The number of hydrogen-bond donors (Lipinski definition) is 0. The van der Waals surface area contributed by atoms with E-state index in [0.29, 0.717) is 4.90 Å². The van der Waals surface area contributed by atoms with Gasteiger partial charge in [-0.3, -0.25) is 4.98 Å². The van der Waals surface area contributed by atoms with Crippen LogP contribution in [0.5, 0.6) is 0 Å². The van der Waals surface area contributed by atoms with Gasteiger partial charge in [0, 0.05) is 28.8 Å². The number of halogens is 1. The molecule has 0 aliphatic heterocycles. The third-order valence-electron chi connectivity index (χ3n) is 1.62. The van der Waals surface area contributed by atoms with E-state index in [9.17, 15) is 12.6 Å². The van der Waals surface area contributed by atoms with Gasteiger partial charge >= 0.3 is 9.24 Å². The van der Waals surface area contributed by atoms with Crippen molar-refractivity contribution in [2.24, 2.45) is 3.77 Å². The Bertz CT molecular complexity index is 547. The Morgan fingerprint density at radius 2 is 1.87 bits per heavy atom. The van der Waals surface area contributed by atoms with Crippen LogP contribution in [0, 0.1) is 0 Å². The van der Waals surface area contributed by atoms with E-state index >= 15 is 0 Å². The standard InChI is InChI=1S/C7H9ClN2O3S2/c1-2-14(11,10-15(8,12)13)7-3-5-9-6-4-7/h3-6H,2H2,1H3. The predicted molar refractivity (Wildman–Crippen MR) is 58.4 cm³/mol. The third kappa shape index (κ3) is 3.44. The van der Waals surface area contributed by atoms with Gasteiger partial charge in [0.2, 0.25) is 0 Å². The summed E-state index contributed by atoms with van der Waals surface area (Å²) >= 11 is 0. The van der Waals surface area contributed by atoms with Crippen LogP contribution >= 0.6 is 10.7 Å². The highest BCUT2D eigenvalue weighted by molar-refractivity contribution is 8.17. The minimum absolute atomic E-state index is 0.0724. The Hall–Kier alpha value is -0.660. The van der Waals surface area contributed by atoms with Gasteiger partial charge in [-0.05, 0) is 12.1 Å². The van der Waals surface area contributed by atoms with Gasteiger partial charge in [0.25, 0.3) is 0 Å². The molecule has 1 rings (SSSR count). The molecule has 1 heterocycles. The highest BCUT2D eigenvalue weighted by Crippen LogP contribution is 2.16. The van der Waals surface area contributed by atoms with Gasteiger partial charge in [0.1, 0.15) is 0 Å². The number of aromatic nitrogens is 1. The molecule has 0 radical (unpaired) electrons. The molecule has 0 saturated carbocycles. The smallest absolute Gasteiger partial charge is 0.265 e. The Kier molecular flexibility index (Phi) is 3.69. The summed E-state index contributed by atoms with van der Waals surface area (Å²) in [5, 5.41) is 0. The second-order valence-electron chi connectivity index (χ2n) is 2.60. The summed E-state index contributed by atoms with van der Waals surface area (Å²) in [5.41, 5.74) is 0. The fourth-order valence-corrected chi connectivity index (χ4v) is 4.57. The lowest BCUT2D eigenvalue weighted by Gasteiger charge is -2.04. The second kappa shape index (κ2) is 4.46. The summed E-state index contributed by atoms with van der Waals surface area (Å²) in [7, 11) is -2.18. The molecule has 15 heavy (non-hydrogen) atoms. The Morgan fingerprint density at radius 1 is 1.33 bits per heavy atom. The van der Waals surface area contributed by atoms with Crippen molar-refractivity contribution < 1.29 is 12.6 Å². The van der Waals surface area contributed by atoms with Crippen LogP contribution in [-0.4, -0.2) is 23.4 Å². The monoisotopic (exact) mass is 268 g/mol. The molecule has 0 spiro atoms. The van der Waals surface area contributed by atoms with Crippen LogP contribution in [-0.2, 0) is 19.0 Å². The number of pyridine rings is 1. The van der Waals surface area contributed by atoms with Crippen molar-refractivity contribution in [3.05, 3.63) is 24.5 Å². The average molecular weight is 269 g/mol. The first-order valence-electron chi connectivity index (χ1n) is 3.98. The zero-order chi connectivity index (χ0) is 11.5. The highest BCUT2D eigenvalue weighted by Gasteiger charge is 2.14. The van der Waals surface area contributed by atoms with Crippen LogP contribution in [0.3, 0.4) is 0 Å². The number of rotatable bonds is 3. The van der Waals surface area contributed by atoms with Gasteiger partial charge in [-0.1, -0.05) is 10.7 Å². The van der Waals surface area contributed by atoms with Crippen molar-refractivity contribution in [3.8, 4) is 0 Å². The van der Waals surface area contributed by atoms with Crippen molar-refractivity contribution in [3.63, 3.8) is 0 Å². The van der Waals surface area contributed by atoms with Crippen molar-refractivity contribution in [2.75, 3.05) is 5.75 Å².